The van der Waals surface area contributed by atoms with Gasteiger partial charge in [0.05, 0.1) is 0 Å². The summed E-state index contributed by atoms with van der Waals surface area (Å²) in [6, 6.07) is 0. The van der Waals surface area contributed by atoms with Crippen molar-refractivity contribution in [2.45, 2.75) is 48.0 Å². The molecule has 0 aliphatic carbocycles. The molecule has 0 heterocycles. The molecule has 0 amide bonds. The molecule has 0 atom stereocenters. The zero-order chi connectivity index (χ0) is 9.21. The quantitative estimate of drug-likeness (QED) is 0.512. The van der Waals surface area contributed by atoms with Crippen molar-refractivity contribution in [2.24, 2.45) is 5.41 Å². The van der Waals surface area contributed by atoms with E-state index in [2.05, 4.69) is 27.7 Å². The first-order chi connectivity index (χ1) is 4.56. The zero-order valence-electron chi connectivity index (χ0n) is 8.32. The van der Waals surface area contributed by atoms with E-state index in [0.717, 1.165) is 0 Å². The molecule has 0 aliphatic rings. The molecule has 0 radical (unpaired) electrons. The van der Waals surface area contributed by atoms with Gasteiger partial charge < -0.3 is 4.79 Å². The Morgan fingerprint density at radius 3 is 1.20 bits per heavy atom. The second-order valence-corrected chi connectivity index (χ2v) is 2.91. The largest absolute Gasteiger partial charge is 0.307 e. The average Bonchev–Trinajstić information content (AvgIpc) is 1.95. The first-order valence-electron chi connectivity index (χ1n) is 3.85. The molecular weight excluding hydrogens is 124 g/mol. The predicted molar refractivity (Wildman–Crippen MR) is 48.2 cm³/mol. The Kier molecular flexibility index (Phi) is 18.7. The van der Waals surface area contributed by atoms with Crippen LogP contribution in [0.3, 0.4) is 0 Å². The summed E-state index contributed by atoms with van der Waals surface area (Å²) in [5, 5.41) is 0. The molecule has 0 N–H and O–H groups in total. The normalized spacial score (nSPS) is 8.20. The van der Waals surface area contributed by atoms with Gasteiger partial charge in [-0.25, -0.2) is 0 Å². The van der Waals surface area contributed by atoms with Gasteiger partial charge in [0.1, 0.15) is 6.79 Å². The van der Waals surface area contributed by atoms with Gasteiger partial charge in [-0.3, -0.25) is 0 Å². The molecule has 10 heavy (non-hydrogen) atoms. The lowest BCUT2D eigenvalue weighted by molar-refractivity contribution is -0.0979. The number of hydrogen-bond donors (Lipinski definition) is 0. The van der Waals surface area contributed by atoms with Crippen molar-refractivity contribution in [1.29, 1.82) is 0 Å². The Balaban J connectivity index is -0.000000105. The topological polar surface area (TPSA) is 17.1 Å². The maximum Gasteiger partial charge on any atom is 0.106 e. The van der Waals surface area contributed by atoms with E-state index in [1.54, 1.807) is 0 Å². The van der Waals surface area contributed by atoms with Gasteiger partial charge in [-0.1, -0.05) is 48.0 Å². The molecule has 0 aliphatic heterocycles. The Hall–Kier alpha value is -0.330. The second kappa shape index (κ2) is 11.5. The van der Waals surface area contributed by atoms with Gasteiger partial charge >= 0.3 is 0 Å². The lowest BCUT2D eigenvalue weighted by atomic mass is 9.94. The third-order valence-corrected chi connectivity index (χ3v) is 1.06. The van der Waals surface area contributed by atoms with Crippen molar-refractivity contribution in [2.75, 3.05) is 0 Å². The maximum absolute atomic E-state index is 8.00. The van der Waals surface area contributed by atoms with Gasteiger partial charge in [0, 0.05) is 0 Å². The van der Waals surface area contributed by atoms with E-state index in [-0.39, 0.29) is 0 Å². The summed E-state index contributed by atoms with van der Waals surface area (Å²) >= 11 is 0. The fourth-order valence-corrected chi connectivity index (χ4v) is 0. The van der Waals surface area contributed by atoms with E-state index in [1.165, 1.54) is 6.42 Å². The molecule has 0 aromatic heterocycles. The zero-order valence-corrected chi connectivity index (χ0v) is 8.32. The molecule has 1 heteroatoms. The lowest BCUT2D eigenvalue weighted by Crippen LogP contribution is -2.00. The summed E-state index contributed by atoms with van der Waals surface area (Å²) in [6.45, 7) is 14.9. The molecule has 0 saturated carbocycles. The van der Waals surface area contributed by atoms with Crippen molar-refractivity contribution in [3.8, 4) is 0 Å². The highest BCUT2D eigenvalue weighted by atomic mass is 16.1. The van der Waals surface area contributed by atoms with Crippen LogP contribution in [0.25, 0.3) is 0 Å². The summed E-state index contributed by atoms with van der Waals surface area (Å²) < 4.78 is 0. The summed E-state index contributed by atoms with van der Waals surface area (Å²) in [7, 11) is 0. The van der Waals surface area contributed by atoms with Crippen LogP contribution < -0.4 is 0 Å². The van der Waals surface area contributed by atoms with E-state index in [4.69, 9.17) is 4.79 Å². The van der Waals surface area contributed by atoms with Gasteiger partial charge in [0.25, 0.3) is 0 Å². The summed E-state index contributed by atoms with van der Waals surface area (Å²) in [5.74, 6) is 0. The Bertz CT molecular complexity index is 43.2. The maximum atomic E-state index is 8.00. The summed E-state index contributed by atoms with van der Waals surface area (Å²) in [6.07, 6.45) is 1.27. The number of rotatable bonds is 0. The number of carbonyl (C=O) groups excluding carboxylic acids is 1. The molecule has 64 valence electrons. The molecule has 0 aromatic rings. The Labute approximate surface area is 65.8 Å². The smallest absolute Gasteiger partial charge is 0.106 e. The van der Waals surface area contributed by atoms with Crippen LogP contribution in [-0.2, 0) is 4.79 Å². The van der Waals surface area contributed by atoms with Crippen molar-refractivity contribution in [3.63, 3.8) is 0 Å². The monoisotopic (exact) mass is 146 g/mol. The highest BCUT2D eigenvalue weighted by Crippen LogP contribution is 2.16. The van der Waals surface area contributed by atoms with E-state index in [1.807, 2.05) is 20.6 Å². The van der Waals surface area contributed by atoms with Gasteiger partial charge in [-0.05, 0) is 5.41 Å². The molecule has 0 unspecified atom stereocenters. The predicted octanol–water partition coefficient (Wildman–Crippen LogP) is 3.28. The minimum Gasteiger partial charge on any atom is -0.307 e. The standard InChI is InChI=1S/C6H14.C2H6.CH2O/c1-5-6(2,3)4;2*1-2/h5H2,1-4H3;1-2H3;1H2. The minimum absolute atomic E-state index is 0.542. The van der Waals surface area contributed by atoms with Crippen molar-refractivity contribution in [1.82, 2.24) is 0 Å². The van der Waals surface area contributed by atoms with Crippen LogP contribution in [0, 0.1) is 5.41 Å². The minimum atomic E-state index is 0.542. The Morgan fingerprint density at radius 1 is 1.10 bits per heavy atom. The van der Waals surface area contributed by atoms with Gasteiger partial charge in [0.2, 0.25) is 0 Å². The van der Waals surface area contributed by atoms with Gasteiger partial charge in [-0.2, -0.15) is 0 Å². The van der Waals surface area contributed by atoms with Crippen LogP contribution in [0.2, 0.25) is 0 Å². The SMILES string of the molecule is C=O.CC.CCC(C)(C)C. The number of hydrogen-bond acceptors (Lipinski definition) is 1. The summed E-state index contributed by atoms with van der Waals surface area (Å²) in [4.78, 5) is 8.00. The van der Waals surface area contributed by atoms with Crippen LogP contribution in [0.4, 0.5) is 0 Å². The fraction of sp³-hybridized carbons (Fsp3) is 0.889. The summed E-state index contributed by atoms with van der Waals surface area (Å²) in [5.41, 5.74) is 0.542. The molecule has 0 bridgehead atoms. The Morgan fingerprint density at radius 2 is 1.20 bits per heavy atom. The van der Waals surface area contributed by atoms with Crippen molar-refractivity contribution >= 4 is 6.79 Å². The highest BCUT2D eigenvalue weighted by molar-refractivity contribution is 5.10. The van der Waals surface area contributed by atoms with Crippen LogP contribution >= 0.6 is 0 Å². The van der Waals surface area contributed by atoms with Crippen LogP contribution in [-0.4, -0.2) is 6.79 Å². The van der Waals surface area contributed by atoms with Crippen molar-refractivity contribution in [3.05, 3.63) is 0 Å². The van der Waals surface area contributed by atoms with Crippen molar-refractivity contribution < 1.29 is 4.79 Å². The highest BCUT2D eigenvalue weighted by Gasteiger charge is 2.03. The van der Waals surface area contributed by atoms with Gasteiger partial charge in [0.15, 0.2) is 0 Å². The van der Waals surface area contributed by atoms with E-state index in [9.17, 15) is 0 Å². The molecule has 1 nitrogen and oxygen atoms in total. The molecular formula is C9H22O. The van der Waals surface area contributed by atoms with Crippen LogP contribution in [0.5, 0.6) is 0 Å². The molecule has 0 saturated heterocycles. The average molecular weight is 146 g/mol. The third kappa shape index (κ3) is 47.9. The fourth-order valence-electron chi connectivity index (χ4n) is 0. The second-order valence-electron chi connectivity index (χ2n) is 2.91. The third-order valence-electron chi connectivity index (χ3n) is 1.06. The van der Waals surface area contributed by atoms with Crippen LogP contribution in [0.15, 0.2) is 0 Å². The molecule has 0 fully saturated rings. The van der Waals surface area contributed by atoms with Crippen LogP contribution in [0.1, 0.15) is 48.0 Å². The first-order valence-corrected chi connectivity index (χ1v) is 3.85. The number of carbonyl (C=O) groups is 1. The molecule has 0 spiro atoms. The van der Waals surface area contributed by atoms with E-state index in [0.29, 0.717) is 5.41 Å². The first kappa shape index (κ1) is 16.3. The van der Waals surface area contributed by atoms with Gasteiger partial charge in [-0.15, -0.1) is 0 Å². The lowest BCUT2D eigenvalue weighted by Gasteiger charge is -2.12. The van der Waals surface area contributed by atoms with E-state index >= 15 is 0 Å². The van der Waals surface area contributed by atoms with E-state index < -0.39 is 0 Å². The molecule has 0 rings (SSSR count). The molecule has 0 aromatic carbocycles.